The van der Waals surface area contributed by atoms with Gasteiger partial charge in [-0.3, -0.25) is 4.79 Å². The summed E-state index contributed by atoms with van der Waals surface area (Å²) in [5, 5.41) is 78.3. The first-order valence-electron chi connectivity index (χ1n) is 10.8. The van der Waals surface area contributed by atoms with Gasteiger partial charge in [0.2, 0.25) is 17.5 Å². The van der Waals surface area contributed by atoms with Crippen molar-refractivity contribution in [2.75, 3.05) is 6.61 Å². The summed E-state index contributed by atoms with van der Waals surface area (Å²) in [7, 11) is 0. The Morgan fingerprint density at radius 1 is 1.00 bits per heavy atom. The van der Waals surface area contributed by atoms with Crippen LogP contribution in [0.1, 0.15) is 13.8 Å². The van der Waals surface area contributed by atoms with E-state index >= 15 is 0 Å². The highest BCUT2D eigenvalue weighted by atomic mass is 16.7. The van der Waals surface area contributed by atoms with Gasteiger partial charge >= 0.3 is 0 Å². The van der Waals surface area contributed by atoms with E-state index in [1.807, 2.05) is 0 Å². The zero-order valence-corrected chi connectivity index (χ0v) is 19.6. The van der Waals surface area contributed by atoms with Gasteiger partial charge in [0.05, 0.1) is 6.61 Å². The van der Waals surface area contributed by atoms with E-state index in [1.54, 1.807) is 0 Å². The summed E-state index contributed by atoms with van der Waals surface area (Å²) in [5.74, 6) is -2.83. The molecule has 1 saturated heterocycles. The Labute approximate surface area is 208 Å². The molecule has 0 unspecified atom stereocenters. The lowest BCUT2D eigenvalue weighted by molar-refractivity contribution is -0.137. The average molecular weight is 522 g/mol. The number of phenolic OH excluding ortho intramolecular Hbond substituents is 4. The summed E-state index contributed by atoms with van der Waals surface area (Å²) in [6, 6.07) is 5.38. The smallest absolute Gasteiger partial charge is 0.239 e. The second-order valence-electron chi connectivity index (χ2n) is 8.36. The van der Waals surface area contributed by atoms with Crippen molar-refractivity contribution in [3.05, 3.63) is 40.6 Å². The molecular weight excluding hydrogens is 496 g/mol. The number of aliphatic hydroxyl groups is 4. The lowest BCUT2D eigenvalue weighted by Gasteiger charge is -2.19. The average Bonchev–Trinajstić information content (AvgIpc) is 3.09. The van der Waals surface area contributed by atoms with Crippen molar-refractivity contribution in [3.63, 3.8) is 0 Å². The van der Waals surface area contributed by atoms with Crippen LogP contribution < -0.4 is 10.2 Å². The topological polar surface area (TPSA) is 228 Å². The molecule has 1 aliphatic rings. The number of rotatable bonds is 5. The van der Waals surface area contributed by atoms with Gasteiger partial charge in [-0.1, -0.05) is 0 Å². The van der Waals surface area contributed by atoms with Crippen LogP contribution in [0.2, 0.25) is 0 Å². The quantitative estimate of drug-likeness (QED) is 0.208. The van der Waals surface area contributed by atoms with Crippen molar-refractivity contribution in [1.29, 1.82) is 0 Å². The van der Waals surface area contributed by atoms with Gasteiger partial charge in [-0.2, -0.15) is 0 Å². The van der Waals surface area contributed by atoms with E-state index in [2.05, 4.69) is 0 Å². The Morgan fingerprint density at radius 3 is 2.24 bits per heavy atom. The third-order valence-corrected chi connectivity index (χ3v) is 5.21. The Morgan fingerprint density at radius 2 is 1.65 bits per heavy atom. The summed E-state index contributed by atoms with van der Waals surface area (Å²) in [5.41, 5.74) is -1.16. The molecule has 8 N–H and O–H groups in total. The van der Waals surface area contributed by atoms with Gasteiger partial charge in [0.25, 0.3) is 0 Å². The molecule has 0 radical (unpaired) electrons. The number of ether oxygens (including phenoxy) is 2. The highest BCUT2D eigenvalue weighted by Gasteiger charge is 2.48. The third-order valence-electron chi connectivity index (χ3n) is 5.21. The number of benzene rings is 2. The summed E-state index contributed by atoms with van der Waals surface area (Å²) in [6.45, 7) is 2.27. The molecule has 1 fully saturated rings. The molecule has 3 aromatic rings. The first-order chi connectivity index (χ1) is 17.3. The molecule has 2 aromatic carbocycles. The minimum absolute atomic E-state index is 0.0297. The molecule has 13 heteroatoms. The monoisotopic (exact) mass is 522 g/mol. The molecule has 0 saturated carbocycles. The largest absolute Gasteiger partial charge is 0.508 e. The van der Waals surface area contributed by atoms with E-state index in [0.717, 1.165) is 24.3 Å². The molecule has 13 nitrogen and oxygen atoms in total. The summed E-state index contributed by atoms with van der Waals surface area (Å²) < 4.78 is 16.5. The zero-order chi connectivity index (χ0) is 27.6. The van der Waals surface area contributed by atoms with Crippen molar-refractivity contribution in [2.24, 2.45) is 0 Å². The number of carbonyl (C=O) groups is 1. The molecule has 0 spiro atoms. The number of hydrogen-bond donors (Lipinski definition) is 8. The third kappa shape index (κ3) is 5.76. The predicted octanol–water partition coefficient (Wildman–Crippen LogP) is 0.0564. The first kappa shape index (κ1) is 27.7. The fraction of sp³-hybridized carbons (Fsp3) is 0.333. The number of hydrogen-bond acceptors (Lipinski definition) is 13. The van der Waals surface area contributed by atoms with Crippen molar-refractivity contribution < 1.29 is 59.5 Å². The van der Waals surface area contributed by atoms with Gasteiger partial charge in [-0.05, 0) is 32.0 Å². The zero-order valence-electron chi connectivity index (χ0n) is 19.6. The number of ketones is 1. The van der Waals surface area contributed by atoms with Gasteiger partial charge in [-0.25, -0.2) is 0 Å². The Hall–Kier alpha value is -3.88. The second kappa shape index (κ2) is 11.0. The summed E-state index contributed by atoms with van der Waals surface area (Å²) >= 11 is 0. The highest BCUT2D eigenvalue weighted by Crippen LogP contribution is 2.39. The molecule has 0 amide bonds. The van der Waals surface area contributed by atoms with Crippen LogP contribution in [0.3, 0.4) is 0 Å². The molecule has 1 aromatic heterocycles. The number of fused-ring (bicyclic) bond motifs is 1. The number of carbonyl (C=O) groups excluding carboxylic acids is 1. The van der Waals surface area contributed by atoms with Gasteiger partial charge in [0.1, 0.15) is 52.7 Å². The molecule has 37 heavy (non-hydrogen) atoms. The summed E-state index contributed by atoms with van der Waals surface area (Å²) in [4.78, 5) is 22.7. The van der Waals surface area contributed by atoms with Crippen molar-refractivity contribution in [2.45, 2.75) is 44.6 Å². The SMILES string of the molecule is CC(C)=O.O=c1c(O[C@@H]2O[C@H]([C@H](O)CO)[C@H](O)[C@H]2O)c(-c2ccc(O)c(O)c2)oc2cc(O)cc(O)c12. The lowest BCUT2D eigenvalue weighted by atomic mass is 10.1. The Balaban J connectivity index is 0.000000886. The second-order valence-corrected chi connectivity index (χ2v) is 8.36. The van der Waals surface area contributed by atoms with Gasteiger partial charge in [0.15, 0.2) is 17.3 Å². The van der Waals surface area contributed by atoms with E-state index in [1.165, 1.54) is 19.9 Å². The van der Waals surface area contributed by atoms with Crippen molar-refractivity contribution >= 4 is 16.8 Å². The van der Waals surface area contributed by atoms with Crippen molar-refractivity contribution in [1.82, 2.24) is 0 Å². The van der Waals surface area contributed by atoms with Crippen LogP contribution in [-0.4, -0.2) is 83.9 Å². The standard InChI is InChI=1S/C21H20O12.C3H6O/c22-6-12(27)19-16(29)17(30)21(32-19)33-20-15(28)14-11(26)4-8(23)5-13(14)31-18(20)7-1-2-9(24)10(25)3-7;1-3(2)4/h1-5,12,16-17,19,21-27,29-30H,6H2;1-2H3/t12-,16-,17-,19-,21+;/m1./s1. The highest BCUT2D eigenvalue weighted by molar-refractivity contribution is 5.88. The predicted molar refractivity (Wildman–Crippen MR) is 125 cm³/mol. The number of aromatic hydroxyl groups is 4. The minimum atomic E-state index is -1.75. The van der Waals surface area contributed by atoms with E-state index in [0.29, 0.717) is 0 Å². The number of aliphatic hydroxyl groups excluding tert-OH is 4. The molecule has 0 aliphatic carbocycles. The molecule has 5 atom stereocenters. The molecule has 0 bridgehead atoms. The molecule has 1 aliphatic heterocycles. The summed E-state index contributed by atoms with van der Waals surface area (Å²) in [6.07, 6.45) is -8.11. The van der Waals surface area contributed by atoms with Gasteiger partial charge < -0.3 is 59.5 Å². The minimum Gasteiger partial charge on any atom is -0.508 e. The van der Waals surface area contributed by atoms with Crippen molar-refractivity contribution in [3.8, 4) is 40.1 Å². The fourth-order valence-corrected chi connectivity index (χ4v) is 3.54. The van der Waals surface area contributed by atoms with E-state index in [-0.39, 0.29) is 28.1 Å². The maximum Gasteiger partial charge on any atom is 0.239 e. The maximum absolute atomic E-state index is 13.2. The van der Waals surface area contributed by atoms with Crippen LogP contribution in [0, 0.1) is 0 Å². The van der Waals surface area contributed by atoms with Gasteiger partial charge in [-0.15, -0.1) is 0 Å². The first-order valence-corrected chi connectivity index (χ1v) is 10.8. The Bertz CT molecular complexity index is 1340. The van der Waals surface area contributed by atoms with E-state index < -0.39 is 71.5 Å². The fourth-order valence-electron chi connectivity index (χ4n) is 3.54. The molecule has 4 rings (SSSR count). The number of phenols is 4. The van der Waals surface area contributed by atoms with Crippen LogP contribution in [0.15, 0.2) is 39.5 Å². The molecule has 2 heterocycles. The van der Waals surface area contributed by atoms with Crippen LogP contribution in [0.25, 0.3) is 22.3 Å². The van der Waals surface area contributed by atoms with Gasteiger partial charge in [0, 0.05) is 17.7 Å². The van der Waals surface area contributed by atoms with E-state index in [9.17, 15) is 45.3 Å². The molecule has 200 valence electrons. The molecular formula is C24H26O13. The normalized spacial score (nSPS) is 21.8. The maximum atomic E-state index is 13.2. The van der Waals surface area contributed by atoms with Crippen LogP contribution in [0.5, 0.6) is 28.7 Å². The van der Waals surface area contributed by atoms with Crippen LogP contribution in [0.4, 0.5) is 0 Å². The van der Waals surface area contributed by atoms with E-state index in [4.69, 9.17) is 19.0 Å². The lowest BCUT2D eigenvalue weighted by Crippen LogP contribution is -2.40. The van der Waals surface area contributed by atoms with Crippen LogP contribution >= 0.6 is 0 Å². The number of Topliss-reactive ketones (excluding diaryl/α,β-unsaturated/α-hetero) is 1. The van der Waals surface area contributed by atoms with Crippen LogP contribution in [-0.2, 0) is 9.53 Å². The Kier molecular flexibility index (Phi) is 8.25.